The molecular formula is C16H24O3. The van der Waals surface area contributed by atoms with Crippen molar-refractivity contribution < 1.29 is 14.3 Å². The maximum absolute atomic E-state index is 11.6. The Morgan fingerprint density at radius 3 is 2.42 bits per heavy atom. The van der Waals surface area contributed by atoms with E-state index < -0.39 is 5.60 Å². The summed E-state index contributed by atoms with van der Waals surface area (Å²) in [6, 6.07) is 7.92. The third kappa shape index (κ3) is 5.77. The number of ether oxygens (including phenoxy) is 2. The molecule has 0 spiro atoms. The first kappa shape index (κ1) is 15.5. The Kier molecular flexibility index (Phi) is 5.40. The van der Waals surface area contributed by atoms with Crippen LogP contribution in [0.25, 0.3) is 0 Å². The molecule has 0 bridgehead atoms. The van der Waals surface area contributed by atoms with Crippen LogP contribution < -0.4 is 4.74 Å². The summed E-state index contributed by atoms with van der Waals surface area (Å²) in [6.07, 6.45) is 0.268. The average Bonchev–Trinajstić information content (AvgIpc) is 2.27. The van der Waals surface area contributed by atoms with E-state index in [1.807, 2.05) is 45.0 Å². The van der Waals surface area contributed by atoms with Crippen molar-refractivity contribution >= 4 is 5.97 Å². The van der Waals surface area contributed by atoms with Crippen LogP contribution in [0.2, 0.25) is 0 Å². The highest BCUT2D eigenvalue weighted by Crippen LogP contribution is 2.25. The molecule has 0 aromatic heterocycles. The van der Waals surface area contributed by atoms with E-state index in [1.165, 1.54) is 0 Å². The van der Waals surface area contributed by atoms with E-state index in [1.54, 1.807) is 0 Å². The predicted octanol–water partition coefficient (Wildman–Crippen LogP) is 3.92. The van der Waals surface area contributed by atoms with Gasteiger partial charge in [0.15, 0.2) is 0 Å². The molecule has 1 aromatic rings. The van der Waals surface area contributed by atoms with Gasteiger partial charge in [0.05, 0.1) is 13.0 Å². The summed E-state index contributed by atoms with van der Waals surface area (Å²) in [4.78, 5) is 11.6. The summed E-state index contributed by atoms with van der Waals surface area (Å²) in [5.41, 5.74) is 0.721. The van der Waals surface area contributed by atoms with Crippen LogP contribution in [0, 0.1) is 0 Å². The summed E-state index contributed by atoms with van der Waals surface area (Å²) in [7, 11) is 0. The largest absolute Gasteiger partial charge is 0.493 e. The first-order valence-corrected chi connectivity index (χ1v) is 6.73. The van der Waals surface area contributed by atoms with Gasteiger partial charge in [-0.1, -0.05) is 32.0 Å². The highest BCUT2D eigenvalue weighted by molar-refractivity contribution is 5.70. The molecule has 1 aromatic carbocycles. The van der Waals surface area contributed by atoms with Gasteiger partial charge in [0, 0.05) is 0 Å². The van der Waals surface area contributed by atoms with Gasteiger partial charge in [0.1, 0.15) is 11.4 Å². The van der Waals surface area contributed by atoms with E-state index in [-0.39, 0.29) is 12.4 Å². The van der Waals surface area contributed by atoms with Gasteiger partial charge in [-0.25, -0.2) is 0 Å². The zero-order chi connectivity index (χ0) is 14.5. The van der Waals surface area contributed by atoms with Crippen LogP contribution in [0.4, 0.5) is 0 Å². The van der Waals surface area contributed by atoms with Crippen molar-refractivity contribution in [2.24, 2.45) is 0 Å². The van der Waals surface area contributed by atoms with Crippen LogP contribution in [-0.4, -0.2) is 18.2 Å². The maximum atomic E-state index is 11.6. The molecule has 0 aliphatic heterocycles. The van der Waals surface area contributed by atoms with Crippen molar-refractivity contribution in [2.75, 3.05) is 6.61 Å². The standard InChI is InChI=1S/C16H24O3/c1-12(2)13-8-6-7-9-14(13)18-11-10-15(17)19-16(3,4)5/h6-9,12H,10-11H2,1-5H3. The molecule has 0 unspecified atom stereocenters. The summed E-state index contributed by atoms with van der Waals surface area (Å²) in [5.74, 6) is 1.02. The fraction of sp³-hybridized carbons (Fsp3) is 0.562. The first-order valence-electron chi connectivity index (χ1n) is 6.73. The number of hydrogen-bond donors (Lipinski definition) is 0. The Morgan fingerprint density at radius 2 is 1.84 bits per heavy atom. The van der Waals surface area contributed by atoms with Crippen LogP contribution in [0.1, 0.15) is 52.5 Å². The van der Waals surface area contributed by atoms with Gasteiger partial charge >= 0.3 is 5.97 Å². The molecule has 0 fully saturated rings. The van der Waals surface area contributed by atoms with Crippen molar-refractivity contribution in [3.8, 4) is 5.75 Å². The summed E-state index contributed by atoms with van der Waals surface area (Å²) in [5, 5.41) is 0. The lowest BCUT2D eigenvalue weighted by molar-refractivity contribution is -0.155. The van der Waals surface area contributed by atoms with Gasteiger partial charge in [-0.15, -0.1) is 0 Å². The number of para-hydroxylation sites is 1. The van der Waals surface area contributed by atoms with Crippen molar-refractivity contribution in [3.63, 3.8) is 0 Å². The maximum Gasteiger partial charge on any atom is 0.309 e. The van der Waals surface area contributed by atoms with Gasteiger partial charge in [-0.2, -0.15) is 0 Å². The molecule has 1 rings (SSSR count). The second-order valence-corrected chi connectivity index (χ2v) is 5.88. The molecule has 0 N–H and O–H groups in total. The molecule has 0 saturated carbocycles. The minimum Gasteiger partial charge on any atom is -0.493 e. The number of carbonyl (C=O) groups is 1. The molecular weight excluding hydrogens is 240 g/mol. The van der Waals surface area contributed by atoms with E-state index in [2.05, 4.69) is 13.8 Å². The fourth-order valence-electron chi connectivity index (χ4n) is 1.73. The smallest absolute Gasteiger partial charge is 0.309 e. The van der Waals surface area contributed by atoms with Crippen LogP contribution in [-0.2, 0) is 9.53 Å². The zero-order valence-electron chi connectivity index (χ0n) is 12.5. The van der Waals surface area contributed by atoms with E-state index in [9.17, 15) is 4.79 Å². The molecule has 0 saturated heterocycles. The summed E-state index contributed by atoms with van der Waals surface area (Å²) in [6.45, 7) is 10.2. The SMILES string of the molecule is CC(C)c1ccccc1OCCC(=O)OC(C)(C)C. The van der Waals surface area contributed by atoms with E-state index >= 15 is 0 Å². The highest BCUT2D eigenvalue weighted by Gasteiger charge is 2.16. The Bertz CT molecular complexity index is 416. The average molecular weight is 264 g/mol. The number of rotatable bonds is 5. The van der Waals surface area contributed by atoms with E-state index in [4.69, 9.17) is 9.47 Å². The van der Waals surface area contributed by atoms with Crippen LogP contribution in [0.5, 0.6) is 5.75 Å². The van der Waals surface area contributed by atoms with Gasteiger partial charge in [0.25, 0.3) is 0 Å². The molecule has 106 valence electrons. The van der Waals surface area contributed by atoms with Crippen LogP contribution >= 0.6 is 0 Å². The molecule has 0 radical (unpaired) electrons. The number of carbonyl (C=O) groups excluding carboxylic acids is 1. The summed E-state index contributed by atoms with van der Waals surface area (Å²) >= 11 is 0. The molecule has 0 atom stereocenters. The van der Waals surface area contributed by atoms with Crippen molar-refractivity contribution in [3.05, 3.63) is 29.8 Å². The minimum absolute atomic E-state index is 0.227. The Hall–Kier alpha value is -1.51. The molecule has 3 heteroatoms. The Morgan fingerprint density at radius 1 is 1.21 bits per heavy atom. The van der Waals surface area contributed by atoms with Crippen molar-refractivity contribution in [2.45, 2.75) is 52.6 Å². The Balaban J connectivity index is 2.48. The van der Waals surface area contributed by atoms with E-state index in [0.717, 1.165) is 11.3 Å². The zero-order valence-corrected chi connectivity index (χ0v) is 12.5. The number of esters is 1. The molecule has 0 amide bonds. The van der Waals surface area contributed by atoms with Gasteiger partial charge in [0.2, 0.25) is 0 Å². The first-order chi connectivity index (χ1) is 8.79. The van der Waals surface area contributed by atoms with Gasteiger partial charge in [-0.3, -0.25) is 4.79 Å². The Labute approximate surface area is 115 Å². The minimum atomic E-state index is -0.438. The molecule has 19 heavy (non-hydrogen) atoms. The normalized spacial score (nSPS) is 11.5. The lowest BCUT2D eigenvalue weighted by atomic mass is 10.0. The van der Waals surface area contributed by atoms with Crippen molar-refractivity contribution in [1.29, 1.82) is 0 Å². The lowest BCUT2D eigenvalue weighted by Crippen LogP contribution is -2.24. The second-order valence-electron chi connectivity index (χ2n) is 5.88. The predicted molar refractivity (Wildman–Crippen MR) is 76.5 cm³/mol. The second kappa shape index (κ2) is 6.60. The van der Waals surface area contributed by atoms with Gasteiger partial charge < -0.3 is 9.47 Å². The van der Waals surface area contributed by atoms with Crippen LogP contribution in [0.15, 0.2) is 24.3 Å². The molecule has 3 nitrogen and oxygen atoms in total. The number of benzene rings is 1. The van der Waals surface area contributed by atoms with Gasteiger partial charge in [-0.05, 0) is 38.3 Å². The third-order valence-corrected chi connectivity index (χ3v) is 2.52. The monoisotopic (exact) mass is 264 g/mol. The fourth-order valence-corrected chi connectivity index (χ4v) is 1.73. The molecule has 0 heterocycles. The number of hydrogen-bond acceptors (Lipinski definition) is 3. The molecule has 0 aliphatic carbocycles. The lowest BCUT2D eigenvalue weighted by Gasteiger charge is -2.19. The topological polar surface area (TPSA) is 35.5 Å². The van der Waals surface area contributed by atoms with E-state index in [0.29, 0.717) is 12.5 Å². The molecule has 0 aliphatic rings. The summed E-state index contributed by atoms with van der Waals surface area (Å²) < 4.78 is 10.9. The quantitative estimate of drug-likeness (QED) is 0.756. The highest BCUT2D eigenvalue weighted by atomic mass is 16.6. The van der Waals surface area contributed by atoms with Crippen molar-refractivity contribution in [1.82, 2.24) is 0 Å². The third-order valence-electron chi connectivity index (χ3n) is 2.52. The van der Waals surface area contributed by atoms with Crippen LogP contribution in [0.3, 0.4) is 0 Å².